The van der Waals surface area contributed by atoms with Gasteiger partial charge in [0.15, 0.2) is 0 Å². The van der Waals surface area contributed by atoms with Crippen LogP contribution in [0.3, 0.4) is 0 Å². The fourth-order valence-electron chi connectivity index (χ4n) is 3.35. The molecule has 2 saturated heterocycles. The molecule has 2 amide bonds. The van der Waals surface area contributed by atoms with E-state index in [1.165, 1.54) is 12.8 Å². The van der Waals surface area contributed by atoms with Gasteiger partial charge in [0.05, 0.1) is 25.1 Å². The Bertz CT molecular complexity index is 563. The second-order valence-electron chi connectivity index (χ2n) is 7.32. The first-order chi connectivity index (χ1) is 12.0. The summed E-state index contributed by atoms with van der Waals surface area (Å²) in [5.74, 6) is 0.983. The number of carbonyl (C=O) groups is 1. The summed E-state index contributed by atoms with van der Waals surface area (Å²) in [6, 6.07) is 3.68. The number of ether oxygens (including phenoxy) is 1. The normalized spacial score (nSPS) is 19.0. The Labute approximate surface area is 149 Å². The van der Waals surface area contributed by atoms with E-state index in [2.05, 4.69) is 39.3 Å². The van der Waals surface area contributed by atoms with Crippen LogP contribution in [0.15, 0.2) is 18.3 Å². The van der Waals surface area contributed by atoms with E-state index in [1.54, 1.807) is 6.20 Å². The van der Waals surface area contributed by atoms with Crippen molar-refractivity contribution in [2.45, 2.75) is 32.2 Å². The van der Waals surface area contributed by atoms with Crippen molar-refractivity contribution in [1.82, 2.24) is 15.2 Å². The number of nitrogens with zero attached hydrogens (tertiary/aromatic N) is 3. The summed E-state index contributed by atoms with van der Waals surface area (Å²) < 4.78 is 5.39. The molecule has 2 N–H and O–H groups in total. The van der Waals surface area contributed by atoms with Crippen LogP contribution in [-0.4, -0.2) is 67.4 Å². The molecule has 7 heteroatoms. The van der Waals surface area contributed by atoms with E-state index in [-0.39, 0.29) is 11.6 Å². The number of nitrogens with one attached hydrogen (secondary N) is 2. The second-order valence-corrected chi connectivity index (χ2v) is 7.32. The van der Waals surface area contributed by atoms with E-state index in [1.807, 2.05) is 12.1 Å². The molecule has 0 spiro atoms. The topological polar surface area (TPSA) is 69.7 Å². The molecule has 0 atom stereocenters. The lowest BCUT2D eigenvalue weighted by Crippen LogP contribution is -2.55. The number of hydrogen-bond acceptors (Lipinski definition) is 5. The van der Waals surface area contributed by atoms with E-state index in [0.29, 0.717) is 12.2 Å². The zero-order valence-electron chi connectivity index (χ0n) is 15.3. The summed E-state index contributed by atoms with van der Waals surface area (Å²) in [4.78, 5) is 21.3. The number of rotatable bonds is 5. The van der Waals surface area contributed by atoms with Gasteiger partial charge in [-0.25, -0.2) is 9.78 Å². The summed E-state index contributed by atoms with van der Waals surface area (Å²) >= 11 is 0. The van der Waals surface area contributed by atoms with Crippen molar-refractivity contribution in [3.8, 4) is 0 Å². The standard InChI is InChI=1S/C18H29N5O2/c1-18(2,23-9-11-25-12-10-23)14-20-17(24)21-15-5-6-16(19-13-15)22-7-3-4-8-22/h5-6,13H,3-4,7-12,14H2,1-2H3,(H2,20,21,24). The fourth-order valence-corrected chi connectivity index (χ4v) is 3.35. The molecule has 1 aromatic rings. The summed E-state index contributed by atoms with van der Waals surface area (Å²) in [5.41, 5.74) is 0.614. The molecular weight excluding hydrogens is 318 g/mol. The maximum Gasteiger partial charge on any atom is 0.319 e. The average molecular weight is 347 g/mol. The fraction of sp³-hybridized carbons (Fsp3) is 0.667. The molecular formula is C18H29N5O2. The Hall–Kier alpha value is -1.86. The predicted molar refractivity (Wildman–Crippen MR) is 99.2 cm³/mol. The van der Waals surface area contributed by atoms with E-state index in [0.717, 1.165) is 45.2 Å². The van der Waals surface area contributed by atoms with Gasteiger partial charge in [0.1, 0.15) is 5.82 Å². The minimum atomic E-state index is -0.197. The van der Waals surface area contributed by atoms with Gasteiger partial charge in [-0.1, -0.05) is 0 Å². The lowest BCUT2D eigenvalue weighted by Gasteiger charge is -2.40. The predicted octanol–water partition coefficient (Wildman–Crippen LogP) is 1.91. The van der Waals surface area contributed by atoms with Crippen molar-refractivity contribution >= 4 is 17.5 Å². The second kappa shape index (κ2) is 8.01. The molecule has 138 valence electrons. The molecule has 0 aromatic carbocycles. The molecule has 0 aliphatic carbocycles. The van der Waals surface area contributed by atoms with E-state index >= 15 is 0 Å². The summed E-state index contributed by atoms with van der Waals surface area (Å²) in [5, 5.41) is 5.83. The minimum Gasteiger partial charge on any atom is -0.379 e. The zero-order valence-corrected chi connectivity index (χ0v) is 15.3. The molecule has 0 bridgehead atoms. The number of urea groups is 1. The van der Waals surface area contributed by atoms with Crippen molar-refractivity contribution in [2.75, 3.05) is 56.2 Å². The Morgan fingerprint density at radius 2 is 1.92 bits per heavy atom. The van der Waals surface area contributed by atoms with Gasteiger partial charge >= 0.3 is 6.03 Å². The van der Waals surface area contributed by atoms with E-state index in [9.17, 15) is 4.79 Å². The van der Waals surface area contributed by atoms with Crippen molar-refractivity contribution in [3.63, 3.8) is 0 Å². The first-order valence-electron chi connectivity index (χ1n) is 9.13. The molecule has 2 aliphatic rings. The molecule has 0 unspecified atom stereocenters. The zero-order chi connectivity index (χ0) is 17.7. The first kappa shape index (κ1) is 17.9. The third-order valence-corrected chi connectivity index (χ3v) is 4.98. The van der Waals surface area contributed by atoms with Crippen LogP contribution in [0.2, 0.25) is 0 Å². The Balaban J connectivity index is 1.47. The van der Waals surface area contributed by atoms with Crippen molar-refractivity contribution < 1.29 is 9.53 Å². The summed E-state index contributed by atoms with van der Waals surface area (Å²) in [7, 11) is 0. The van der Waals surface area contributed by atoms with Crippen molar-refractivity contribution in [3.05, 3.63) is 18.3 Å². The van der Waals surface area contributed by atoms with Crippen LogP contribution in [-0.2, 0) is 4.74 Å². The SMILES string of the molecule is CC(C)(CNC(=O)Nc1ccc(N2CCCC2)nc1)N1CCOCC1. The smallest absolute Gasteiger partial charge is 0.319 e. The highest BCUT2D eigenvalue weighted by Gasteiger charge is 2.28. The number of aromatic nitrogens is 1. The van der Waals surface area contributed by atoms with Crippen LogP contribution in [0, 0.1) is 0 Å². The maximum atomic E-state index is 12.2. The van der Waals surface area contributed by atoms with Crippen LogP contribution in [0.4, 0.5) is 16.3 Å². The lowest BCUT2D eigenvalue weighted by molar-refractivity contribution is -0.00863. The molecule has 2 fully saturated rings. The minimum absolute atomic E-state index is 0.0982. The number of hydrogen-bond donors (Lipinski definition) is 2. The largest absolute Gasteiger partial charge is 0.379 e. The highest BCUT2D eigenvalue weighted by atomic mass is 16.5. The van der Waals surface area contributed by atoms with Gasteiger partial charge in [-0.05, 0) is 38.8 Å². The average Bonchev–Trinajstić information content (AvgIpc) is 3.16. The molecule has 7 nitrogen and oxygen atoms in total. The molecule has 0 radical (unpaired) electrons. The van der Waals surface area contributed by atoms with Crippen LogP contribution in [0.5, 0.6) is 0 Å². The van der Waals surface area contributed by atoms with Gasteiger partial charge in [0.2, 0.25) is 0 Å². The van der Waals surface area contributed by atoms with Gasteiger partial charge in [-0.3, -0.25) is 4.90 Å². The Morgan fingerprint density at radius 1 is 1.20 bits per heavy atom. The number of anilines is 2. The third kappa shape index (κ3) is 4.83. The van der Waals surface area contributed by atoms with Gasteiger partial charge in [-0.2, -0.15) is 0 Å². The van der Waals surface area contributed by atoms with Crippen LogP contribution >= 0.6 is 0 Å². The lowest BCUT2D eigenvalue weighted by atomic mass is 10.0. The maximum absolute atomic E-state index is 12.2. The van der Waals surface area contributed by atoms with Gasteiger partial charge in [-0.15, -0.1) is 0 Å². The van der Waals surface area contributed by atoms with Gasteiger partial charge in [0, 0.05) is 38.3 Å². The molecule has 2 aliphatic heterocycles. The molecule has 0 saturated carbocycles. The molecule has 25 heavy (non-hydrogen) atoms. The monoisotopic (exact) mass is 347 g/mol. The highest BCUT2D eigenvalue weighted by Crippen LogP contribution is 2.19. The first-order valence-corrected chi connectivity index (χ1v) is 9.13. The third-order valence-electron chi connectivity index (χ3n) is 4.98. The number of morpholine rings is 1. The van der Waals surface area contributed by atoms with Crippen molar-refractivity contribution in [2.24, 2.45) is 0 Å². The quantitative estimate of drug-likeness (QED) is 0.852. The van der Waals surface area contributed by atoms with Gasteiger partial charge < -0.3 is 20.3 Å². The summed E-state index contributed by atoms with van der Waals surface area (Å²) in [6.45, 7) is 10.3. The van der Waals surface area contributed by atoms with E-state index < -0.39 is 0 Å². The number of amides is 2. The van der Waals surface area contributed by atoms with E-state index in [4.69, 9.17) is 4.74 Å². The highest BCUT2D eigenvalue weighted by molar-refractivity contribution is 5.89. The Morgan fingerprint density at radius 3 is 2.56 bits per heavy atom. The molecule has 1 aromatic heterocycles. The number of pyridine rings is 1. The Kier molecular flexibility index (Phi) is 5.75. The van der Waals surface area contributed by atoms with Crippen LogP contribution in [0.1, 0.15) is 26.7 Å². The molecule has 3 heterocycles. The molecule has 3 rings (SSSR count). The number of carbonyl (C=O) groups excluding carboxylic acids is 1. The van der Waals surface area contributed by atoms with Crippen LogP contribution < -0.4 is 15.5 Å². The van der Waals surface area contributed by atoms with Crippen LogP contribution in [0.25, 0.3) is 0 Å². The van der Waals surface area contributed by atoms with Crippen molar-refractivity contribution in [1.29, 1.82) is 0 Å². The van der Waals surface area contributed by atoms with Gasteiger partial charge in [0.25, 0.3) is 0 Å². The summed E-state index contributed by atoms with van der Waals surface area (Å²) in [6.07, 6.45) is 4.17.